The van der Waals surface area contributed by atoms with Crippen LogP contribution < -0.4 is 43.0 Å². The molecule has 0 fully saturated rings. The van der Waals surface area contributed by atoms with Crippen molar-refractivity contribution < 1.29 is 82.2 Å². The smallest absolute Gasteiger partial charge is 0.326 e. The lowest BCUT2D eigenvalue weighted by atomic mass is 10.0. The Bertz CT molecular complexity index is 1750. The third-order valence-electron chi connectivity index (χ3n) is 12.9. The Morgan fingerprint density at radius 1 is 0.388 bits per heavy atom. The molecule has 0 aromatic rings. The summed E-state index contributed by atoms with van der Waals surface area (Å²) in [5.41, 5.74) is 5.16. The molecule has 25 nitrogen and oxygen atoms in total. The van der Waals surface area contributed by atoms with Crippen LogP contribution in [0.5, 0.6) is 0 Å². The van der Waals surface area contributed by atoms with E-state index in [4.69, 9.17) is 24.7 Å². The molecule has 0 aromatic carbocycles. The highest BCUT2D eigenvalue weighted by atomic mass is 16.5. The number of likely N-dealkylation sites (N-methyl/N-ethyl adjacent to an activating group) is 1. The number of nitrogens with one attached hydrogen (secondary N) is 7. The van der Waals surface area contributed by atoms with Crippen LogP contribution in [-0.2, 0) is 66.9 Å². The predicted molar refractivity (Wildman–Crippen MR) is 298 cm³/mol. The molecule has 0 saturated heterocycles. The average Bonchev–Trinajstić information content (AvgIpc) is 3.41. The monoisotopic (exact) mass is 1140 g/mol. The van der Waals surface area contributed by atoms with E-state index in [0.29, 0.717) is 45.2 Å². The van der Waals surface area contributed by atoms with Crippen molar-refractivity contribution in [1.82, 2.24) is 37.2 Å². The van der Waals surface area contributed by atoms with E-state index in [2.05, 4.69) is 44.1 Å². The third kappa shape index (κ3) is 46.4. The molecular weight excluding hydrogens is 1040 g/mol. The maximum atomic E-state index is 12.5. The summed E-state index contributed by atoms with van der Waals surface area (Å²) in [5, 5.41) is 47.4. The molecule has 80 heavy (non-hydrogen) atoms. The second kappa shape index (κ2) is 51.8. The van der Waals surface area contributed by atoms with Crippen LogP contribution in [-0.4, -0.2) is 185 Å². The highest BCUT2D eigenvalue weighted by Gasteiger charge is 2.25. The number of carbonyl (C=O) groups excluding carboxylic acids is 7. The number of carboxylic acids is 3. The molecule has 0 saturated carbocycles. The van der Waals surface area contributed by atoms with Gasteiger partial charge in [-0.05, 0) is 71.4 Å². The topological polar surface area (TPSA) is 379 Å². The van der Waals surface area contributed by atoms with Crippen molar-refractivity contribution in [3.63, 3.8) is 0 Å². The van der Waals surface area contributed by atoms with Crippen molar-refractivity contribution in [1.29, 1.82) is 0 Å². The van der Waals surface area contributed by atoms with Gasteiger partial charge in [-0.2, -0.15) is 0 Å². The first kappa shape index (κ1) is 74.7. The highest BCUT2D eigenvalue weighted by Crippen LogP contribution is 2.14. The summed E-state index contributed by atoms with van der Waals surface area (Å²) in [6.45, 7) is 3.30. The van der Waals surface area contributed by atoms with E-state index in [0.717, 1.165) is 57.8 Å². The molecule has 0 bridgehead atoms. The molecule has 6 amide bonds. The number of primary amides is 1. The molecule has 0 rings (SSSR count). The number of carboxylic acid groups (broad SMARTS) is 3. The van der Waals surface area contributed by atoms with Crippen molar-refractivity contribution in [2.75, 3.05) is 86.1 Å². The summed E-state index contributed by atoms with van der Waals surface area (Å²) in [5.74, 6) is -6.45. The van der Waals surface area contributed by atoms with E-state index in [1.807, 2.05) is 0 Å². The van der Waals surface area contributed by atoms with Gasteiger partial charge in [0.25, 0.3) is 0 Å². The predicted octanol–water partition coefficient (Wildman–Crippen LogP) is 2.78. The molecule has 12 N–H and O–H groups in total. The Kier molecular flexibility index (Phi) is 48.3. The van der Waals surface area contributed by atoms with Crippen LogP contribution in [0.3, 0.4) is 0 Å². The molecule has 0 spiro atoms. The number of hydrogen-bond donors (Lipinski definition) is 11. The van der Waals surface area contributed by atoms with Crippen LogP contribution in [0, 0.1) is 0 Å². The Hall–Kier alpha value is -5.34. The molecule has 4 unspecified atom stereocenters. The summed E-state index contributed by atoms with van der Waals surface area (Å²) >= 11 is 0. The van der Waals surface area contributed by atoms with Crippen LogP contribution in [0.4, 0.5) is 0 Å². The van der Waals surface area contributed by atoms with E-state index in [-0.39, 0.29) is 115 Å². The highest BCUT2D eigenvalue weighted by molar-refractivity contribution is 5.87. The van der Waals surface area contributed by atoms with Gasteiger partial charge in [-0.25, -0.2) is 9.59 Å². The standard InChI is InChI=1S/C55H100N8O17/c1-3-4-16-22-46(64)42(57-2)21-18-20-31-59-48(66)28-25-44(54(73)74)62-50(68)29-26-45(55(75)76)63-52(70)41-80-39-37-78-35-33-61-51(69)40-79-38-36-77-34-32-60-49(67)27-24-43(53(71)72)58-30-19-15-13-11-9-7-5-6-8-10-12-14-17-23-47(56)65/h42-45,57-58H,3-41H2,1-2H3,(H2,56,65)(H,59,66)(H,60,67)(H,61,69)(H,62,68)(H,63,70)(H,71,72)(H,73,74)(H,75,76). The van der Waals surface area contributed by atoms with Gasteiger partial charge in [-0.1, -0.05) is 90.4 Å². The molecule has 25 heteroatoms. The molecule has 0 radical (unpaired) electrons. The second-order valence-electron chi connectivity index (χ2n) is 19.8. The molecular formula is C55H100N8O17. The summed E-state index contributed by atoms with van der Waals surface area (Å²) in [7, 11) is 1.74. The van der Waals surface area contributed by atoms with Gasteiger partial charge in [0.15, 0.2) is 0 Å². The van der Waals surface area contributed by atoms with Crippen LogP contribution in [0.2, 0.25) is 0 Å². The zero-order valence-electron chi connectivity index (χ0n) is 48.0. The van der Waals surface area contributed by atoms with E-state index < -0.39 is 72.7 Å². The number of ketones is 1. The molecule has 4 atom stereocenters. The van der Waals surface area contributed by atoms with Gasteiger partial charge in [0, 0.05) is 51.7 Å². The van der Waals surface area contributed by atoms with Gasteiger partial charge in [-0.3, -0.25) is 38.4 Å². The lowest BCUT2D eigenvalue weighted by Gasteiger charge is -2.17. The number of ether oxygens (including phenoxy) is 4. The quantitative estimate of drug-likeness (QED) is 0.0390. The minimum absolute atomic E-state index is 0.0297. The maximum Gasteiger partial charge on any atom is 0.326 e. The van der Waals surface area contributed by atoms with E-state index >= 15 is 0 Å². The summed E-state index contributed by atoms with van der Waals surface area (Å²) < 4.78 is 21.3. The number of nitrogens with two attached hydrogens (primary N) is 1. The Morgan fingerprint density at radius 3 is 1.30 bits per heavy atom. The number of hydrogen-bond acceptors (Lipinski definition) is 16. The normalized spacial score (nSPS) is 12.6. The summed E-state index contributed by atoms with van der Waals surface area (Å²) in [6.07, 6.45) is 19.6. The zero-order valence-corrected chi connectivity index (χ0v) is 48.0. The minimum Gasteiger partial charge on any atom is -0.480 e. The first-order valence-electron chi connectivity index (χ1n) is 29.1. The fraction of sp³-hybridized carbons (Fsp3) is 0.818. The van der Waals surface area contributed by atoms with Gasteiger partial charge < -0.3 is 77.2 Å². The second-order valence-corrected chi connectivity index (χ2v) is 19.8. The first-order valence-corrected chi connectivity index (χ1v) is 29.1. The Morgan fingerprint density at radius 2 is 0.800 bits per heavy atom. The lowest BCUT2D eigenvalue weighted by Crippen LogP contribution is -2.45. The number of amides is 6. The van der Waals surface area contributed by atoms with Crippen molar-refractivity contribution in [2.24, 2.45) is 5.73 Å². The van der Waals surface area contributed by atoms with Crippen molar-refractivity contribution in [3.8, 4) is 0 Å². The van der Waals surface area contributed by atoms with Crippen molar-refractivity contribution >= 4 is 59.1 Å². The van der Waals surface area contributed by atoms with Gasteiger partial charge in [-0.15, -0.1) is 0 Å². The SMILES string of the molecule is CCCCCC(=O)C(CCCCNC(=O)CCC(NC(=O)CCC(NC(=O)COCCOCCNC(=O)COCCOCCNC(=O)CCC(NCCCCCCCCCCCCCCCC(N)=O)C(=O)O)C(=O)O)C(=O)O)NC. The van der Waals surface area contributed by atoms with E-state index in [9.17, 15) is 63.3 Å². The third-order valence-corrected chi connectivity index (χ3v) is 12.9. The largest absolute Gasteiger partial charge is 0.480 e. The summed E-state index contributed by atoms with van der Waals surface area (Å²) in [6, 6.07) is -3.91. The van der Waals surface area contributed by atoms with Crippen LogP contribution in [0.15, 0.2) is 0 Å². The number of carbonyl (C=O) groups is 10. The van der Waals surface area contributed by atoms with E-state index in [1.165, 1.54) is 44.9 Å². The minimum atomic E-state index is -1.47. The van der Waals surface area contributed by atoms with Crippen LogP contribution in [0.1, 0.15) is 180 Å². The fourth-order valence-corrected chi connectivity index (χ4v) is 8.22. The average molecular weight is 1150 g/mol. The van der Waals surface area contributed by atoms with Gasteiger partial charge in [0.1, 0.15) is 37.1 Å². The first-order chi connectivity index (χ1) is 38.5. The zero-order chi connectivity index (χ0) is 59.4. The number of Topliss-reactive ketones (excluding diaryl/α,β-unsaturated/α-hetero) is 1. The van der Waals surface area contributed by atoms with E-state index in [1.54, 1.807) is 7.05 Å². The number of unbranched alkanes of at least 4 members (excludes halogenated alkanes) is 15. The van der Waals surface area contributed by atoms with Crippen LogP contribution in [0.25, 0.3) is 0 Å². The molecule has 0 aromatic heterocycles. The molecule has 0 aliphatic rings. The van der Waals surface area contributed by atoms with Gasteiger partial charge in [0.2, 0.25) is 35.4 Å². The molecule has 0 heterocycles. The lowest BCUT2D eigenvalue weighted by molar-refractivity contribution is -0.144. The molecule has 0 aliphatic heterocycles. The fourth-order valence-electron chi connectivity index (χ4n) is 8.22. The van der Waals surface area contributed by atoms with Crippen molar-refractivity contribution in [3.05, 3.63) is 0 Å². The van der Waals surface area contributed by atoms with Gasteiger partial charge in [0.05, 0.1) is 45.7 Å². The Labute approximate surface area is 473 Å². The maximum absolute atomic E-state index is 12.5. The number of rotatable bonds is 58. The molecule has 462 valence electrons. The van der Waals surface area contributed by atoms with Gasteiger partial charge >= 0.3 is 17.9 Å². The number of aliphatic carboxylic acids is 3. The summed E-state index contributed by atoms with van der Waals surface area (Å²) in [4.78, 5) is 120. The Balaban J connectivity index is 3.98. The van der Waals surface area contributed by atoms with Crippen LogP contribution >= 0.6 is 0 Å². The van der Waals surface area contributed by atoms with Crippen molar-refractivity contribution in [2.45, 2.75) is 204 Å². The molecule has 0 aliphatic carbocycles.